The highest BCUT2D eigenvalue weighted by Crippen LogP contribution is 2.33. The zero-order valence-corrected chi connectivity index (χ0v) is 9.04. The Morgan fingerprint density at radius 1 is 1.47 bits per heavy atom. The van der Waals surface area contributed by atoms with Crippen molar-refractivity contribution in [2.75, 3.05) is 5.73 Å². The summed E-state index contributed by atoms with van der Waals surface area (Å²) in [7, 11) is 0. The van der Waals surface area contributed by atoms with Gasteiger partial charge >= 0.3 is 0 Å². The zero-order valence-electron chi connectivity index (χ0n) is 8.28. The molecule has 0 atom stereocenters. The van der Waals surface area contributed by atoms with Crippen molar-refractivity contribution >= 4 is 28.6 Å². The molecule has 0 aliphatic heterocycles. The second-order valence-corrected chi connectivity index (χ2v) is 4.59. The second-order valence-electron chi connectivity index (χ2n) is 4.16. The number of hydrogen-bond donors (Lipinski definition) is 1. The Labute approximate surface area is 92.8 Å². The normalized spacial score (nSPS) is 16.1. The van der Waals surface area contributed by atoms with E-state index >= 15 is 0 Å². The largest absolute Gasteiger partial charge is 0.369 e. The van der Waals surface area contributed by atoms with Gasteiger partial charge in [-0.3, -0.25) is 0 Å². The minimum atomic E-state index is 0.596. The molecular weight excluding hydrogens is 210 g/mol. The number of benzene rings is 1. The number of imidazole rings is 1. The smallest absolute Gasteiger partial charge is 0.201 e. The molecular formula is C11H12ClN3. The molecule has 1 aromatic carbocycles. The average molecular weight is 222 g/mol. The average Bonchev–Trinajstić information content (AvgIpc) is 2.96. The Balaban J connectivity index is 2.15. The predicted molar refractivity (Wildman–Crippen MR) is 61.9 cm³/mol. The first-order valence-corrected chi connectivity index (χ1v) is 5.53. The summed E-state index contributed by atoms with van der Waals surface area (Å²) in [6.07, 6.45) is 2.61. The van der Waals surface area contributed by atoms with E-state index in [1.807, 2.05) is 18.2 Å². The molecule has 0 spiro atoms. The number of fused-ring (bicyclic) bond motifs is 1. The summed E-state index contributed by atoms with van der Waals surface area (Å²) < 4.78 is 2.07. The van der Waals surface area contributed by atoms with Crippen molar-refractivity contribution in [2.24, 2.45) is 5.92 Å². The maximum Gasteiger partial charge on any atom is 0.201 e. The SMILES string of the molecule is Nc1nc2ccc(Cl)cc2n1CC1CC1. The highest BCUT2D eigenvalue weighted by molar-refractivity contribution is 6.31. The third-order valence-corrected chi connectivity index (χ3v) is 3.11. The van der Waals surface area contributed by atoms with Crippen LogP contribution in [0.15, 0.2) is 18.2 Å². The Morgan fingerprint density at radius 2 is 2.27 bits per heavy atom. The van der Waals surface area contributed by atoms with Gasteiger partial charge in [-0.25, -0.2) is 4.98 Å². The number of hydrogen-bond acceptors (Lipinski definition) is 2. The van der Waals surface area contributed by atoms with E-state index in [1.54, 1.807) is 0 Å². The van der Waals surface area contributed by atoms with Crippen molar-refractivity contribution in [3.05, 3.63) is 23.2 Å². The first-order chi connectivity index (χ1) is 7.24. The second kappa shape index (κ2) is 3.14. The first kappa shape index (κ1) is 9.04. The van der Waals surface area contributed by atoms with E-state index in [-0.39, 0.29) is 0 Å². The molecule has 3 nitrogen and oxygen atoms in total. The highest BCUT2D eigenvalue weighted by Gasteiger charge is 2.23. The number of nitrogens with zero attached hydrogens (tertiary/aromatic N) is 2. The molecule has 1 fully saturated rings. The molecule has 1 heterocycles. The summed E-state index contributed by atoms with van der Waals surface area (Å²) in [5.74, 6) is 1.38. The zero-order chi connectivity index (χ0) is 10.4. The van der Waals surface area contributed by atoms with E-state index in [4.69, 9.17) is 17.3 Å². The molecule has 0 saturated heterocycles. The van der Waals surface area contributed by atoms with Crippen LogP contribution in [0, 0.1) is 5.92 Å². The van der Waals surface area contributed by atoms with Gasteiger partial charge in [0.25, 0.3) is 0 Å². The fraction of sp³-hybridized carbons (Fsp3) is 0.364. The van der Waals surface area contributed by atoms with Crippen LogP contribution in [0.2, 0.25) is 5.02 Å². The van der Waals surface area contributed by atoms with Crippen LogP contribution in [-0.4, -0.2) is 9.55 Å². The summed E-state index contributed by atoms with van der Waals surface area (Å²) in [5, 5.41) is 0.736. The van der Waals surface area contributed by atoms with Crippen LogP contribution < -0.4 is 5.73 Å². The van der Waals surface area contributed by atoms with Gasteiger partial charge in [0.2, 0.25) is 5.95 Å². The van der Waals surface area contributed by atoms with Gasteiger partial charge in [-0.2, -0.15) is 0 Å². The number of nitrogens with two attached hydrogens (primary N) is 1. The molecule has 0 unspecified atom stereocenters. The molecule has 78 valence electrons. The van der Waals surface area contributed by atoms with E-state index in [9.17, 15) is 0 Å². The predicted octanol–water partition coefficient (Wildman–Crippen LogP) is 2.68. The van der Waals surface area contributed by atoms with Gasteiger partial charge < -0.3 is 10.3 Å². The molecule has 1 aliphatic carbocycles. The molecule has 1 aromatic heterocycles. The van der Waals surface area contributed by atoms with Crippen LogP contribution in [0.1, 0.15) is 12.8 Å². The Kier molecular flexibility index (Phi) is 1.89. The van der Waals surface area contributed by atoms with Crippen molar-refractivity contribution in [3.8, 4) is 0 Å². The maximum absolute atomic E-state index is 5.97. The van der Waals surface area contributed by atoms with E-state index in [0.29, 0.717) is 5.95 Å². The van der Waals surface area contributed by atoms with E-state index < -0.39 is 0 Å². The number of aromatic nitrogens is 2. The standard InChI is InChI=1S/C11H12ClN3/c12-8-3-4-9-10(5-8)15(11(13)14-9)6-7-1-2-7/h3-5,7H,1-2,6H2,(H2,13,14). The van der Waals surface area contributed by atoms with Crippen LogP contribution >= 0.6 is 11.6 Å². The van der Waals surface area contributed by atoms with Gasteiger partial charge in [0, 0.05) is 11.6 Å². The number of halogens is 1. The molecule has 2 aromatic rings. The third kappa shape index (κ3) is 1.57. The lowest BCUT2D eigenvalue weighted by Gasteiger charge is -2.04. The lowest BCUT2D eigenvalue weighted by Crippen LogP contribution is -2.04. The van der Waals surface area contributed by atoms with Gasteiger partial charge in [0.1, 0.15) is 0 Å². The molecule has 3 rings (SSSR count). The van der Waals surface area contributed by atoms with Gasteiger partial charge in [-0.05, 0) is 37.0 Å². The number of rotatable bonds is 2. The molecule has 1 aliphatic rings. The van der Waals surface area contributed by atoms with Crippen LogP contribution in [0.3, 0.4) is 0 Å². The van der Waals surface area contributed by atoms with Crippen molar-refractivity contribution in [1.82, 2.24) is 9.55 Å². The fourth-order valence-electron chi connectivity index (χ4n) is 1.86. The summed E-state index contributed by atoms with van der Waals surface area (Å²) >= 11 is 5.97. The minimum absolute atomic E-state index is 0.596. The van der Waals surface area contributed by atoms with Crippen molar-refractivity contribution < 1.29 is 0 Å². The monoisotopic (exact) mass is 221 g/mol. The Hall–Kier alpha value is -1.22. The quantitative estimate of drug-likeness (QED) is 0.848. The molecule has 0 amide bonds. The summed E-state index contributed by atoms with van der Waals surface area (Å²) in [4.78, 5) is 4.32. The Morgan fingerprint density at radius 3 is 3.00 bits per heavy atom. The topological polar surface area (TPSA) is 43.8 Å². The van der Waals surface area contributed by atoms with Gasteiger partial charge in [-0.15, -0.1) is 0 Å². The van der Waals surface area contributed by atoms with Crippen LogP contribution in [0.4, 0.5) is 5.95 Å². The van der Waals surface area contributed by atoms with Gasteiger partial charge in [0.15, 0.2) is 0 Å². The summed E-state index contributed by atoms with van der Waals surface area (Å²) in [6, 6.07) is 5.69. The number of nitrogen functional groups attached to an aromatic ring is 1. The molecule has 1 saturated carbocycles. The molecule has 15 heavy (non-hydrogen) atoms. The number of anilines is 1. The minimum Gasteiger partial charge on any atom is -0.369 e. The molecule has 0 bridgehead atoms. The first-order valence-electron chi connectivity index (χ1n) is 5.15. The molecule has 4 heteroatoms. The lowest BCUT2D eigenvalue weighted by atomic mass is 10.3. The van der Waals surface area contributed by atoms with E-state index in [0.717, 1.165) is 28.5 Å². The van der Waals surface area contributed by atoms with E-state index in [1.165, 1.54) is 12.8 Å². The maximum atomic E-state index is 5.97. The molecule has 2 N–H and O–H groups in total. The molecule has 0 radical (unpaired) electrons. The van der Waals surface area contributed by atoms with Crippen LogP contribution in [-0.2, 0) is 6.54 Å². The van der Waals surface area contributed by atoms with Gasteiger partial charge in [-0.1, -0.05) is 11.6 Å². The van der Waals surface area contributed by atoms with Crippen molar-refractivity contribution in [3.63, 3.8) is 0 Å². The van der Waals surface area contributed by atoms with Crippen LogP contribution in [0.25, 0.3) is 11.0 Å². The summed E-state index contributed by atoms with van der Waals surface area (Å²) in [6.45, 7) is 0.975. The van der Waals surface area contributed by atoms with Gasteiger partial charge in [0.05, 0.1) is 11.0 Å². The highest BCUT2D eigenvalue weighted by atomic mass is 35.5. The third-order valence-electron chi connectivity index (χ3n) is 2.88. The Bertz CT molecular complexity index is 514. The summed E-state index contributed by atoms with van der Waals surface area (Å²) in [5.41, 5.74) is 7.86. The van der Waals surface area contributed by atoms with E-state index in [2.05, 4.69) is 9.55 Å². The van der Waals surface area contributed by atoms with Crippen molar-refractivity contribution in [2.45, 2.75) is 19.4 Å². The lowest BCUT2D eigenvalue weighted by molar-refractivity contribution is 0.650. The fourth-order valence-corrected chi connectivity index (χ4v) is 2.03. The van der Waals surface area contributed by atoms with Crippen molar-refractivity contribution in [1.29, 1.82) is 0 Å². The van der Waals surface area contributed by atoms with Crippen LogP contribution in [0.5, 0.6) is 0 Å².